The molecule has 0 amide bonds. The monoisotopic (exact) mass is 353 g/mol. The summed E-state index contributed by atoms with van der Waals surface area (Å²) in [5, 5.41) is 5.55. The van der Waals surface area contributed by atoms with Gasteiger partial charge in [0.25, 0.3) is 0 Å². The summed E-state index contributed by atoms with van der Waals surface area (Å²) < 4.78 is 4.20. The van der Waals surface area contributed by atoms with Gasteiger partial charge in [-0.25, -0.2) is 14.5 Å². The molecule has 2 N–H and O–H groups in total. The zero-order valence-corrected chi connectivity index (χ0v) is 15.2. The first-order valence-electron chi connectivity index (χ1n) is 8.12. The van der Waals surface area contributed by atoms with Crippen LogP contribution >= 0.6 is 11.3 Å². The minimum atomic E-state index is -0.156. The van der Waals surface area contributed by atoms with E-state index in [4.69, 9.17) is 5.73 Å². The van der Waals surface area contributed by atoms with Gasteiger partial charge >= 0.3 is 5.69 Å². The van der Waals surface area contributed by atoms with Crippen LogP contribution in [0.25, 0.3) is 21.6 Å². The van der Waals surface area contributed by atoms with Crippen molar-refractivity contribution in [3.05, 3.63) is 57.0 Å². The Morgan fingerprint density at radius 1 is 1.32 bits per heavy atom. The van der Waals surface area contributed by atoms with Crippen LogP contribution in [-0.2, 0) is 13.6 Å². The highest BCUT2D eigenvalue weighted by Gasteiger charge is 2.20. The van der Waals surface area contributed by atoms with E-state index < -0.39 is 0 Å². The van der Waals surface area contributed by atoms with Crippen LogP contribution < -0.4 is 11.4 Å². The average molecular weight is 353 g/mol. The molecule has 1 aromatic heterocycles. The molecule has 1 aliphatic heterocycles. The van der Waals surface area contributed by atoms with Crippen molar-refractivity contribution in [2.24, 2.45) is 12.8 Å². The fourth-order valence-electron chi connectivity index (χ4n) is 3.12. The van der Waals surface area contributed by atoms with Gasteiger partial charge in [-0.3, -0.25) is 4.57 Å². The number of thiazole rings is 1. The third-order valence-corrected chi connectivity index (χ3v) is 5.29. The van der Waals surface area contributed by atoms with Crippen molar-refractivity contribution in [2.75, 3.05) is 0 Å². The number of nitrogens with two attached hydrogens (primary N) is 1. The Labute approximate surface area is 148 Å². The second kappa shape index (κ2) is 5.79. The second-order valence-corrected chi connectivity index (χ2v) is 7.59. The summed E-state index contributed by atoms with van der Waals surface area (Å²) in [4.78, 5) is 17.3. The molecule has 0 saturated carbocycles. The highest BCUT2D eigenvalue weighted by molar-refractivity contribution is 7.18. The molecule has 2 aromatic rings. The first-order chi connectivity index (χ1) is 11.9. The third kappa shape index (κ3) is 2.65. The maximum absolute atomic E-state index is 12.8. The number of aryl methyl sites for hydroxylation is 1. The lowest BCUT2D eigenvalue weighted by atomic mass is 10.1. The third-order valence-electron chi connectivity index (χ3n) is 4.38. The normalized spacial score (nSPS) is 13.0. The van der Waals surface area contributed by atoms with Crippen LogP contribution in [0.5, 0.6) is 0 Å². The van der Waals surface area contributed by atoms with Gasteiger partial charge in [0.2, 0.25) is 0 Å². The molecule has 1 unspecified atom stereocenters. The average Bonchev–Trinajstić information content (AvgIpc) is 3.07. The highest BCUT2D eigenvalue weighted by Crippen LogP contribution is 2.34. The Kier molecular flexibility index (Phi) is 3.70. The predicted molar refractivity (Wildman–Crippen MR) is 100 cm³/mol. The fourth-order valence-corrected chi connectivity index (χ4v) is 3.99. The van der Waals surface area contributed by atoms with Crippen molar-refractivity contribution in [2.45, 2.75) is 26.4 Å². The smallest absolute Gasteiger partial charge is 0.324 e. The van der Waals surface area contributed by atoms with E-state index in [1.807, 2.05) is 44.2 Å². The van der Waals surface area contributed by atoms with Crippen molar-refractivity contribution in [1.82, 2.24) is 19.3 Å². The zero-order chi connectivity index (χ0) is 17.7. The van der Waals surface area contributed by atoms with Crippen molar-refractivity contribution in [1.29, 1.82) is 0 Å². The summed E-state index contributed by atoms with van der Waals surface area (Å²) in [6.07, 6.45) is 0. The lowest BCUT2D eigenvalue weighted by Gasteiger charge is -2.13. The van der Waals surface area contributed by atoms with Gasteiger partial charge in [0.05, 0.1) is 16.3 Å². The minimum Gasteiger partial charge on any atom is -0.324 e. The van der Waals surface area contributed by atoms with E-state index in [2.05, 4.69) is 10.1 Å². The van der Waals surface area contributed by atoms with Crippen LogP contribution in [0, 0.1) is 6.92 Å². The standard InChI is InChI=1S/C18H19N5OS/c1-10(19)13-6-4-5-12(7-13)9-23-18(24)22(3)17-14(21-23)8-15-16(17)20-11(2)25-15/h4-8,10H,9,19H2,1-3H3. The first kappa shape index (κ1) is 16.0. The van der Waals surface area contributed by atoms with E-state index in [9.17, 15) is 4.79 Å². The summed E-state index contributed by atoms with van der Waals surface area (Å²) in [6.45, 7) is 4.33. The number of hydrogen-bond acceptors (Lipinski definition) is 5. The molecule has 0 bridgehead atoms. The van der Waals surface area contributed by atoms with Crippen LogP contribution in [-0.4, -0.2) is 19.3 Å². The molecule has 4 rings (SSSR count). The number of aromatic nitrogens is 4. The number of benzene rings is 1. The van der Waals surface area contributed by atoms with Gasteiger partial charge in [0, 0.05) is 13.1 Å². The first-order valence-corrected chi connectivity index (χ1v) is 8.94. The van der Waals surface area contributed by atoms with E-state index in [1.165, 1.54) is 4.68 Å². The Balaban J connectivity index is 1.83. The SMILES string of the molecule is Cc1nc2c3n(C)c(=O)n(Cc4cccc(C(C)N)c4)nc-3cc2s1. The maximum Gasteiger partial charge on any atom is 0.345 e. The molecular formula is C18H19N5OS. The summed E-state index contributed by atoms with van der Waals surface area (Å²) in [7, 11) is 1.77. The number of rotatable bonds is 3. The molecule has 0 radical (unpaired) electrons. The van der Waals surface area contributed by atoms with Crippen molar-refractivity contribution < 1.29 is 0 Å². The molecule has 6 nitrogen and oxygen atoms in total. The van der Waals surface area contributed by atoms with Crippen LogP contribution in [0.3, 0.4) is 0 Å². The second-order valence-electron chi connectivity index (χ2n) is 6.36. The molecule has 128 valence electrons. The molecule has 1 atom stereocenters. The molecule has 0 fully saturated rings. The molecule has 0 saturated heterocycles. The van der Waals surface area contributed by atoms with Crippen LogP contribution in [0.4, 0.5) is 0 Å². The topological polar surface area (TPSA) is 78.7 Å². The van der Waals surface area contributed by atoms with Crippen LogP contribution in [0.2, 0.25) is 0 Å². The van der Waals surface area contributed by atoms with Crippen molar-refractivity contribution >= 4 is 21.6 Å². The van der Waals surface area contributed by atoms with E-state index in [-0.39, 0.29) is 11.7 Å². The van der Waals surface area contributed by atoms with E-state index in [1.54, 1.807) is 23.0 Å². The highest BCUT2D eigenvalue weighted by atomic mass is 32.1. The number of fused-ring (bicyclic) bond motifs is 3. The van der Waals surface area contributed by atoms with Gasteiger partial charge in [0.15, 0.2) is 0 Å². The van der Waals surface area contributed by atoms with Gasteiger partial charge < -0.3 is 5.73 Å². The summed E-state index contributed by atoms with van der Waals surface area (Å²) >= 11 is 1.62. The Morgan fingerprint density at radius 2 is 2.12 bits per heavy atom. The van der Waals surface area contributed by atoms with Gasteiger partial charge in [0.1, 0.15) is 16.9 Å². The summed E-state index contributed by atoms with van der Waals surface area (Å²) in [5.74, 6) is 0. The van der Waals surface area contributed by atoms with E-state index in [0.29, 0.717) is 6.54 Å². The molecule has 2 heterocycles. The van der Waals surface area contributed by atoms with E-state index >= 15 is 0 Å². The summed E-state index contributed by atoms with van der Waals surface area (Å²) in [6, 6.07) is 9.93. The quantitative estimate of drug-likeness (QED) is 0.614. The van der Waals surface area contributed by atoms with Gasteiger partial charge in [-0.2, -0.15) is 5.10 Å². The number of hydrogen-bond donors (Lipinski definition) is 1. The lowest BCUT2D eigenvalue weighted by molar-refractivity contribution is 0.577. The molecule has 2 aliphatic rings. The van der Waals surface area contributed by atoms with E-state index in [0.717, 1.165) is 37.7 Å². The van der Waals surface area contributed by atoms with Gasteiger partial charge in [-0.05, 0) is 31.0 Å². The predicted octanol–water partition coefficient (Wildman–Crippen LogP) is 2.67. The minimum absolute atomic E-state index is 0.0422. The lowest BCUT2D eigenvalue weighted by Crippen LogP contribution is -2.33. The molecule has 7 heteroatoms. The van der Waals surface area contributed by atoms with Crippen molar-refractivity contribution in [3.63, 3.8) is 0 Å². The largest absolute Gasteiger partial charge is 0.345 e. The Hall–Kier alpha value is -2.51. The molecule has 1 aliphatic carbocycles. The van der Waals surface area contributed by atoms with Gasteiger partial charge in [-0.15, -0.1) is 11.3 Å². The van der Waals surface area contributed by atoms with Gasteiger partial charge in [-0.1, -0.05) is 24.3 Å². The maximum atomic E-state index is 12.8. The zero-order valence-electron chi connectivity index (χ0n) is 14.4. The van der Waals surface area contributed by atoms with Crippen molar-refractivity contribution in [3.8, 4) is 11.4 Å². The van der Waals surface area contributed by atoms with Crippen LogP contribution in [0.1, 0.15) is 29.1 Å². The molecule has 1 aromatic carbocycles. The molecular weight excluding hydrogens is 334 g/mol. The molecule has 25 heavy (non-hydrogen) atoms. The van der Waals surface area contributed by atoms with Crippen LogP contribution in [0.15, 0.2) is 35.1 Å². The Morgan fingerprint density at radius 3 is 2.88 bits per heavy atom. The Bertz CT molecular complexity index is 1100. The molecule has 0 spiro atoms. The summed E-state index contributed by atoms with van der Waals surface area (Å²) in [5.41, 5.74) is 10.3. The fraction of sp³-hybridized carbons (Fsp3) is 0.278. The number of nitrogens with zero attached hydrogens (tertiary/aromatic N) is 4.